The minimum absolute atomic E-state index is 0.274. The fraction of sp³-hybridized carbons (Fsp3) is 0.571. The number of hydrogen-bond acceptors (Lipinski definition) is 4. The quantitative estimate of drug-likeness (QED) is 0.900. The summed E-state index contributed by atoms with van der Waals surface area (Å²) in [5.74, 6) is 2.29. The zero-order valence-electron chi connectivity index (χ0n) is 11.1. The smallest absolute Gasteiger partial charge is 0.132 e. The second kappa shape index (κ2) is 7.12. The van der Waals surface area contributed by atoms with E-state index in [-0.39, 0.29) is 5.56 Å². The van der Waals surface area contributed by atoms with Crippen molar-refractivity contribution in [3.05, 3.63) is 29.6 Å². The van der Waals surface area contributed by atoms with Crippen LogP contribution in [0.1, 0.15) is 18.1 Å². The molecule has 1 fully saturated rings. The number of benzene rings is 1. The number of halogens is 1. The van der Waals surface area contributed by atoms with E-state index in [0.29, 0.717) is 12.2 Å². The zero-order chi connectivity index (χ0) is 13.7. The number of methoxy groups -OCH3 is 1. The van der Waals surface area contributed by atoms with Crippen LogP contribution in [0.2, 0.25) is 0 Å². The highest BCUT2D eigenvalue weighted by Gasteiger charge is 2.19. The van der Waals surface area contributed by atoms with Gasteiger partial charge in [0.05, 0.1) is 18.8 Å². The molecule has 0 spiro atoms. The molecule has 1 atom stereocenters. The Labute approximate surface area is 117 Å². The van der Waals surface area contributed by atoms with Gasteiger partial charge in [-0.3, -0.25) is 0 Å². The van der Waals surface area contributed by atoms with Crippen molar-refractivity contribution in [2.24, 2.45) is 0 Å². The number of ether oxygens (including phenoxy) is 1. The predicted molar refractivity (Wildman–Crippen MR) is 76.3 cm³/mol. The molecule has 0 aliphatic carbocycles. The average Bonchev–Trinajstić information content (AvgIpc) is 2.45. The van der Waals surface area contributed by atoms with Crippen molar-refractivity contribution >= 4 is 11.8 Å². The van der Waals surface area contributed by atoms with E-state index in [1.165, 1.54) is 13.2 Å². The van der Waals surface area contributed by atoms with Crippen molar-refractivity contribution in [3.8, 4) is 5.75 Å². The van der Waals surface area contributed by atoms with Crippen molar-refractivity contribution in [1.82, 2.24) is 4.90 Å². The minimum Gasteiger partial charge on any atom is -0.496 e. The molecule has 0 saturated carbocycles. The van der Waals surface area contributed by atoms with Crippen LogP contribution in [0, 0.1) is 5.82 Å². The largest absolute Gasteiger partial charge is 0.496 e. The number of hydrogen-bond donors (Lipinski definition) is 1. The number of rotatable bonds is 5. The van der Waals surface area contributed by atoms with Crippen molar-refractivity contribution in [2.45, 2.75) is 12.5 Å². The van der Waals surface area contributed by atoms with Gasteiger partial charge >= 0.3 is 0 Å². The Balaban J connectivity index is 1.97. The van der Waals surface area contributed by atoms with Crippen LogP contribution in [0.5, 0.6) is 5.75 Å². The Hall–Kier alpha value is -0.780. The SMILES string of the molecule is COc1cccc(F)c1C(O)CCN1CCSCC1. The minimum atomic E-state index is -0.814. The molecule has 1 aliphatic heterocycles. The number of nitrogens with zero attached hydrogens (tertiary/aromatic N) is 1. The number of aliphatic hydroxyl groups is 1. The Kier molecular flexibility index (Phi) is 5.48. The molecule has 19 heavy (non-hydrogen) atoms. The second-order valence-corrected chi connectivity index (χ2v) is 5.84. The summed E-state index contributed by atoms with van der Waals surface area (Å²) in [6, 6.07) is 4.63. The summed E-state index contributed by atoms with van der Waals surface area (Å²) in [6.07, 6.45) is -0.284. The molecule has 3 nitrogen and oxygen atoms in total. The molecule has 0 radical (unpaired) electrons. The van der Waals surface area contributed by atoms with Crippen molar-refractivity contribution < 1.29 is 14.2 Å². The number of thioether (sulfide) groups is 1. The molecule has 106 valence electrons. The van der Waals surface area contributed by atoms with Crippen molar-refractivity contribution in [3.63, 3.8) is 0 Å². The van der Waals surface area contributed by atoms with Gasteiger partial charge in [0.1, 0.15) is 11.6 Å². The van der Waals surface area contributed by atoms with E-state index in [1.54, 1.807) is 12.1 Å². The average molecular weight is 285 g/mol. The molecule has 2 rings (SSSR count). The molecule has 0 bridgehead atoms. The van der Waals surface area contributed by atoms with Gasteiger partial charge in [0, 0.05) is 31.1 Å². The lowest BCUT2D eigenvalue weighted by atomic mass is 10.0. The van der Waals surface area contributed by atoms with E-state index in [9.17, 15) is 9.50 Å². The maximum Gasteiger partial charge on any atom is 0.132 e. The highest BCUT2D eigenvalue weighted by molar-refractivity contribution is 7.99. The van der Waals surface area contributed by atoms with E-state index in [0.717, 1.165) is 31.1 Å². The molecule has 1 N–H and O–H groups in total. The van der Waals surface area contributed by atoms with E-state index in [4.69, 9.17) is 4.74 Å². The molecular weight excluding hydrogens is 265 g/mol. The highest BCUT2D eigenvalue weighted by atomic mass is 32.2. The van der Waals surface area contributed by atoms with Gasteiger partial charge in [-0.25, -0.2) is 4.39 Å². The monoisotopic (exact) mass is 285 g/mol. The topological polar surface area (TPSA) is 32.7 Å². The zero-order valence-corrected chi connectivity index (χ0v) is 12.0. The summed E-state index contributed by atoms with van der Waals surface area (Å²) >= 11 is 1.95. The molecule has 0 aromatic heterocycles. The highest BCUT2D eigenvalue weighted by Crippen LogP contribution is 2.30. The summed E-state index contributed by atoms with van der Waals surface area (Å²) < 4.78 is 18.9. The van der Waals surface area contributed by atoms with E-state index < -0.39 is 11.9 Å². The summed E-state index contributed by atoms with van der Waals surface area (Å²) in [5, 5.41) is 10.2. The third-order valence-electron chi connectivity index (χ3n) is 3.39. The lowest BCUT2D eigenvalue weighted by molar-refractivity contribution is 0.138. The molecule has 0 amide bonds. The maximum absolute atomic E-state index is 13.8. The summed E-state index contributed by atoms with van der Waals surface area (Å²) in [4.78, 5) is 2.31. The number of aliphatic hydroxyl groups excluding tert-OH is 1. The first-order valence-electron chi connectivity index (χ1n) is 6.53. The Morgan fingerprint density at radius 1 is 1.42 bits per heavy atom. The van der Waals surface area contributed by atoms with Crippen LogP contribution < -0.4 is 4.74 Å². The van der Waals surface area contributed by atoms with Gasteiger partial charge < -0.3 is 14.7 Å². The van der Waals surface area contributed by atoms with Crippen LogP contribution >= 0.6 is 11.8 Å². The first kappa shape index (κ1) is 14.6. The molecule has 1 unspecified atom stereocenters. The van der Waals surface area contributed by atoms with Gasteiger partial charge in [0.2, 0.25) is 0 Å². The van der Waals surface area contributed by atoms with Gasteiger partial charge in [-0.1, -0.05) is 6.07 Å². The summed E-state index contributed by atoms with van der Waals surface area (Å²) in [7, 11) is 1.49. The molecule has 1 heterocycles. The summed E-state index contributed by atoms with van der Waals surface area (Å²) in [5.41, 5.74) is 0.274. The molecule has 5 heteroatoms. The van der Waals surface area contributed by atoms with Crippen LogP contribution in [0.25, 0.3) is 0 Å². The first-order chi connectivity index (χ1) is 9.22. The standard InChI is InChI=1S/C14H20FNO2S/c1-18-13-4-2-3-11(15)14(13)12(17)5-6-16-7-9-19-10-8-16/h2-4,12,17H,5-10H2,1H3. The van der Waals surface area contributed by atoms with Crippen LogP contribution in [-0.2, 0) is 0 Å². The molecule has 1 aliphatic rings. The molecule has 1 aromatic rings. The maximum atomic E-state index is 13.8. The third-order valence-corrected chi connectivity index (χ3v) is 4.33. The van der Waals surface area contributed by atoms with Crippen molar-refractivity contribution in [2.75, 3.05) is 38.2 Å². The molecular formula is C14H20FNO2S. The van der Waals surface area contributed by atoms with Gasteiger partial charge in [-0.05, 0) is 18.6 Å². The van der Waals surface area contributed by atoms with E-state index >= 15 is 0 Å². The van der Waals surface area contributed by atoms with Crippen LogP contribution in [0.4, 0.5) is 4.39 Å². The van der Waals surface area contributed by atoms with E-state index in [2.05, 4.69) is 4.90 Å². The first-order valence-corrected chi connectivity index (χ1v) is 7.68. The fourth-order valence-corrected chi connectivity index (χ4v) is 3.27. The van der Waals surface area contributed by atoms with Crippen LogP contribution in [-0.4, -0.2) is 48.3 Å². The molecule has 1 aromatic carbocycles. The second-order valence-electron chi connectivity index (χ2n) is 4.61. The van der Waals surface area contributed by atoms with Gasteiger partial charge in [0.25, 0.3) is 0 Å². The Bertz CT molecular complexity index is 410. The van der Waals surface area contributed by atoms with Gasteiger partial charge in [-0.2, -0.15) is 11.8 Å². The Morgan fingerprint density at radius 2 is 2.16 bits per heavy atom. The van der Waals surface area contributed by atoms with E-state index in [1.807, 2.05) is 11.8 Å². The molecule has 1 saturated heterocycles. The lowest BCUT2D eigenvalue weighted by Crippen LogP contribution is -2.34. The van der Waals surface area contributed by atoms with Gasteiger partial charge in [0.15, 0.2) is 0 Å². The van der Waals surface area contributed by atoms with Crippen LogP contribution in [0.15, 0.2) is 18.2 Å². The van der Waals surface area contributed by atoms with Gasteiger partial charge in [-0.15, -0.1) is 0 Å². The fourth-order valence-electron chi connectivity index (χ4n) is 2.29. The predicted octanol–water partition coefficient (Wildman–Crippen LogP) is 2.31. The lowest BCUT2D eigenvalue weighted by Gasteiger charge is -2.27. The summed E-state index contributed by atoms with van der Waals surface area (Å²) in [6.45, 7) is 2.89. The third kappa shape index (κ3) is 3.84. The van der Waals surface area contributed by atoms with Crippen LogP contribution in [0.3, 0.4) is 0 Å². The normalized spacial score (nSPS) is 18.3. The Morgan fingerprint density at radius 3 is 2.84 bits per heavy atom. The van der Waals surface area contributed by atoms with Crippen molar-refractivity contribution in [1.29, 1.82) is 0 Å².